The lowest BCUT2D eigenvalue weighted by Gasteiger charge is -2.28. The van der Waals surface area contributed by atoms with Crippen LogP contribution in [0.2, 0.25) is 0 Å². The van der Waals surface area contributed by atoms with Crippen LogP contribution in [0.5, 0.6) is 11.5 Å². The first-order valence-electron chi connectivity index (χ1n) is 10.9. The van der Waals surface area contributed by atoms with Gasteiger partial charge in [0, 0.05) is 25.4 Å². The molecular weight excluding hydrogens is 399 g/mol. The van der Waals surface area contributed by atoms with Crippen LogP contribution in [0.3, 0.4) is 0 Å². The molecule has 0 unspecified atom stereocenters. The number of aliphatic hydroxyl groups is 1. The number of nitrogens with one attached hydrogen (secondary N) is 1. The molecule has 0 spiro atoms. The highest BCUT2D eigenvalue weighted by Gasteiger charge is 2.28. The quantitative estimate of drug-likeness (QED) is 0.676. The number of carbonyl (C=O) groups excluding carboxylic acids is 1. The highest BCUT2D eigenvalue weighted by atomic mass is 19.1. The first-order chi connectivity index (χ1) is 15.1. The van der Waals surface area contributed by atoms with Crippen LogP contribution < -0.4 is 14.8 Å². The van der Waals surface area contributed by atoms with Crippen LogP contribution in [-0.2, 0) is 11.3 Å². The zero-order valence-corrected chi connectivity index (χ0v) is 17.6. The van der Waals surface area contributed by atoms with Crippen molar-refractivity contribution in [2.45, 2.75) is 31.9 Å². The van der Waals surface area contributed by atoms with Gasteiger partial charge >= 0.3 is 0 Å². The van der Waals surface area contributed by atoms with E-state index in [9.17, 15) is 14.3 Å². The SMILES string of the molecule is O=C(C[C@H](CN1CCCC1)[C@H](O)c1ccc2c(c1)OCCO2)NCc1ccc(F)cc1. The molecule has 2 aromatic rings. The molecule has 7 heteroatoms. The summed E-state index contributed by atoms with van der Waals surface area (Å²) in [6.45, 7) is 3.95. The van der Waals surface area contributed by atoms with Gasteiger partial charge in [-0.2, -0.15) is 0 Å². The number of halogens is 1. The van der Waals surface area contributed by atoms with Crippen molar-refractivity contribution < 1.29 is 23.8 Å². The molecule has 31 heavy (non-hydrogen) atoms. The van der Waals surface area contributed by atoms with E-state index >= 15 is 0 Å². The van der Waals surface area contributed by atoms with E-state index < -0.39 is 6.10 Å². The van der Waals surface area contributed by atoms with Crippen LogP contribution in [0.25, 0.3) is 0 Å². The van der Waals surface area contributed by atoms with Crippen molar-refractivity contribution in [3.05, 3.63) is 59.4 Å². The smallest absolute Gasteiger partial charge is 0.220 e. The van der Waals surface area contributed by atoms with Crippen LogP contribution >= 0.6 is 0 Å². The number of amides is 1. The average molecular weight is 429 g/mol. The number of carbonyl (C=O) groups is 1. The Bertz CT molecular complexity index is 884. The Kier molecular flexibility index (Phi) is 7.04. The van der Waals surface area contributed by atoms with E-state index in [1.807, 2.05) is 18.2 Å². The summed E-state index contributed by atoms with van der Waals surface area (Å²) in [4.78, 5) is 15.0. The Morgan fingerprint density at radius 1 is 1.06 bits per heavy atom. The monoisotopic (exact) mass is 428 g/mol. The standard InChI is InChI=1S/C24H29FN2O4/c25-20-6-3-17(4-7-20)15-26-23(28)14-19(16-27-9-1-2-10-27)24(29)18-5-8-21-22(13-18)31-12-11-30-21/h3-8,13,19,24,29H,1-2,9-12,14-16H2,(H,26,28)/t19-,24-/m1/s1. The average Bonchev–Trinajstić information content (AvgIpc) is 3.30. The van der Waals surface area contributed by atoms with Gasteiger partial charge in [-0.05, 0) is 61.3 Å². The Balaban J connectivity index is 1.42. The van der Waals surface area contributed by atoms with E-state index in [-0.39, 0.29) is 24.1 Å². The maximum Gasteiger partial charge on any atom is 0.220 e. The van der Waals surface area contributed by atoms with Crippen LogP contribution in [0.1, 0.15) is 36.5 Å². The molecule has 2 aliphatic rings. The third-order valence-electron chi connectivity index (χ3n) is 5.90. The number of rotatable bonds is 8. The molecule has 0 bridgehead atoms. The molecule has 6 nitrogen and oxygen atoms in total. The third-order valence-corrected chi connectivity index (χ3v) is 5.90. The molecule has 4 rings (SSSR count). The van der Waals surface area contributed by atoms with Gasteiger partial charge in [0.2, 0.25) is 5.91 Å². The van der Waals surface area contributed by atoms with Gasteiger partial charge in [0.25, 0.3) is 0 Å². The van der Waals surface area contributed by atoms with Crippen molar-refractivity contribution in [2.75, 3.05) is 32.8 Å². The molecular formula is C24H29FN2O4. The molecule has 166 valence electrons. The molecule has 0 radical (unpaired) electrons. The zero-order valence-electron chi connectivity index (χ0n) is 17.6. The van der Waals surface area contributed by atoms with E-state index in [2.05, 4.69) is 10.2 Å². The van der Waals surface area contributed by atoms with Gasteiger partial charge in [0.15, 0.2) is 11.5 Å². The van der Waals surface area contributed by atoms with Crippen LogP contribution in [0.4, 0.5) is 4.39 Å². The van der Waals surface area contributed by atoms with E-state index in [1.54, 1.807) is 12.1 Å². The number of fused-ring (bicyclic) bond motifs is 1. The van der Waals surface area contributed by atoms with Gasteiger partial charge in [0.05, 0.1) is 6.10 Å². The Morgan fingerprint density at radius 3 is 2.52 bits per heavy atom. The molecule has 2 aromatic carbocycles. The molecule has 1 saturated heterocycles. The second kappa shape index (κ2) is 10.1. The number of nitrogens with zero attached hydrogens (tertiary/aromatic N) is 1. The van der Waals surface area contributed by atoms with Gasteiger partial charge in [-0.1, -0.05) is 18.2 Å². The predicted octanol–water partition coefficient (Wildman–Crippen LogP) is 3.05. The second-order valence-electron chi connectivity index (χ2n) is 8.22. The van der Waals surface area contributed by atoms with E-state index in [0.29, 0.717) is 37.8 Å². The summed E-state index contributed by atoms with van der Waals surface area (Å²) in [5.41, 5.74) is 1.55. The normalized spacial score (nSPS) is 17.9. The topological polar surface area (TPSA) is 71.0 Å². The van der Waals surface area contributed by atoms with Crippen molar-refractivity contribution in [2.24, 2.45) is 5.92 Å². The van der Waals surface area contributed by atoms with Crippen LogP contribution in [-0.4, -0.2) is 48.8 Å². The lowest BCUT2D eigenvalue weighted by atomic mass is 9.91. The highest BCUT2D eigenvalue weighted by molar-refractivity contribution is 5.76. The molecule has 0 aromatic heterocycles. The van der Waals surface area contributed by atoms with E-state index in [4.69, 9.17) is 9.47 Å². The minimum absolute atomic E-state index is 0.134. The van der Waals surface area contributed by atoms with E-state index in [1.165, 1.54) is 12.1 Å². The molecule has 2 heterocycles. The fourth-order valence-corrected chi connectivity index (χ4v) is 4.20. The molecule has 1 fully saturated rings. The van der Waals surface area contributed by atoms with Crippen molar-refractivity contribution in [3.63, 3.8) is 0 Å². The van der Waals surface area contributed by atoms with Gasteiger partial charge < -0.3 is 24.8 Å². The minimum Gasteiger partial charge on any atom is -0.486 e. The summed E-state index contributed by atoms with van der Waals surface area (Å²) in [5, 5.41) is 14.1. The van der Waals surface area contributed by atoms with Crippen molar-refractivity contribution >= 4 is 5.91 Å². The number of ether oxygens (including phenoxy) is 2. The molecule has 2 N–H and O–H groups in total. The number of likely N-dealkylation sites (tertiary alicyclic amines) is 1. The fraction of sp³-hybridized carbons (Fsp3) is 0.458. The Morgan fingerprint density at radius 2 is 1.77 bits per heavy atom. The van der Waals surface area contributed by atoms with Crippen molar-refractivity contribution in [1.29, 1.82) is 0 Å². The minimum atomic E-state index is -0.798. The maximum atomic E-state index is 13.1. The van der Waals surface area contributed by atoms with Crippen LogP contribution in [0.15, 0.2) is 42.5 Å². The molecule has 2 atom stereocenters. The fourth-order valence-electron chi connectivity index (χ4n) is 4.20. The highest BCUT2D eigenvalue weighted by Crippen LogP contribution is 2.35. The summed E-state index contributed by atoms with van der Waals surface area (Å²) in [5.74, 6) is 0.612. The third kappa shape index (κ3) is 5.74. The van der Waals surface area contributed by atoms with Crippen LogP contribution in [0, 0.1) is 11.7 Å². The van der Waals surface area contributed by atoms with E-state index in [0.717, 1.165) is 37.1 Å². The first-order valence-corrected chi connectivity index (χ1v) is 10.9. The summed E-state index contributed by atoms with van der Waals surface area (Å²) in [7, 11) is 0. The number of aliphatic hydroxyl groups excluding tert-OH is 1. The molecule has 1 amide bonds. The molecule has 2 aliphatic heterocycles. The Labute approximate surface area is 182 Å². The largest absolute Gasteiger partial charge is 0.486 e. The van der Waals surface area contributed by atoms with Crippen molar-refractivity contribution in [3.8, 4) is 11.5 Å². The molecule has 0 aliphatic carbocycles. The lowest BCUT2D eigenvalue weighted by Crippen LogP contribution is -2.34. The number of hydrogen-bond donors (Lipinski definition) is 2. The summed E-state index contributed by atoms with van der Waals surface area (Å²) in [6.07, 6.45) is 1.69. The lowest BCUT2D eigenvalue weighted by molar-refractivity contribution is -0.123. The second-order valence-corrected chi connectivity index (χ2v) is 8.22. The van der Waals surface area contributed by atoms with Gasteiger partial charge in [-0.15, -0.1) is 0 Å². The van der Waals surface area contributed by atoms with Gasteiger partial charge in [0.1, 0.15) is 19.0 Å². The zero-order chi connectivity index (χ0) is 21.6. The van der Waals surface area contributed by atoms with Crippen molar-refractivity contribution in [1.82, 2.24) is 10.2 Å². The summed E-state index contributed by atoms with van der Waals surface area (Å²) >= 11 is 0. The summed E-state index contributed by atoms with van der Waals surface area (Å²) in [6, 6.07) is 11.5. The number of hydrogen-bond acceptors (Lipinski definition) is 5. The number of benzene rings is 2. The van der Waals surface area contributed by atoms with Gasteiger partial charge in [-0.3, -0.25) is 4.79 Å². The Hall–Kier alpha value is -2.64. The summed E-state index contributed by atoms with van der Waals surface area (Å²) < 4.78 is 24.3. The molecule has 0 saturated carbocycles. The first kappa shape index (κ1) is 21.6. The van der Waals surface area contributed by atoms with Gasteiger partial charge in [-0.25, -0.2) is 4.39 Å². The predicted molar refractivity (Wildman–Crippen MR) is 114 cm³/mol. The maximum absolute atomic E-state index is 13.1.